The average molecular weight is 369 g/mol. The fraction of sp³-hybridized carbons (Fsp3) is 0.381. The first-order valence-corrected chi connectivity index (χ1v) is 9.20. The van der Waals surface area contributed by atoms with Crippen LogP contribution in [-0.4, -0.2) is 42.5 Å². The van der Waals surface area contributed by atoms with E-state index in [4.69, 9.17) is 4.74 Å². The highest BCUT2D eigenvalue weighted by Crippen LogP contribution is 2.27. The number of carbonyl (C=O) groups is 1. The highest BCUT2D eigenvalue weighted by Gasteiger charge is 2.20. The third-order valence-electron chi connectivity index (χ3n) is 4.78. The number of nitrogens with zero attached hydrogens (tertiary/aromatic N) is 2. The molecule has 0 aromatic heterocycles. The van der Waals surface area contributed by atoms with E-state index in [-0.39, 0.29) is 6.03 Å². The van der Waals surface area contributed by atoms with Crippen molar-refractivity contribution in [3.63, 3.8) is 0 Å². The minimum absolute atomic E-state index is 0.109. The Bertz CT molecular complexity index is 790. The third kappa shape index (κ3) is 4.52. The Morgan fingerprint density at radius 2 is 2.04 bits per heavy atom. The Balaban J connectivity index is 1.83. The van der Waals surface area contributed by atoms with Crippen LogP contribution in [0.1, 0.15) is 23.6 Å². The molecule has 0 saturated carbocycles. The van der Waals surface area contributed by atoms with Gasteiger partial charge < -0.3 is 25.0 Å². The van der Waals surface area contributed by atoms with Crippen LogP contribution >= 0.6 is 0 Å². The zero-order chi connectivity index (χ0) is 19.4. The lowest BCUT2D eigenvalue weighted by molar-refractivity contribution is 0.186. The Kier molecular flexibility index (Phi) is 5.86. The summed E-state index contributed by atoms with van der Waals surface area (Å²) in [5.74, 6) is 0.809. The normalized spacial score (nSPS) is 14.6. The van der Waals surface area contributed by atoms with Gasteiger partial charge in [-0.25, -0.2) is 4.79 Å². The first-order valence-electron chi connectivity index (χ1n) is 9.20. The van der Waals surface area contributed by atoms with Crippen LogP contribution in [0.4, 0.5) is 10.5 Å². The molecule has 2 aromatic carbocycles. The zero-order valence-corrected chi connectivity index (χ0v) is 16.1. The molecule has 6 nitrogen and oxygen atoms in total. The van der Waals surface area contributed by atoms with Crippen molar-refractivity contribution < 1.29 is 14.6 Å². The van der Waals surface area contributed by atoms with Crippen LogP contribution in [0, 0.1) is 6.92 Å². The highest BCUT2D eigenvalue weighted by molar-refractivity contribution is 5.74. The van der Waals surface area contributed by atoms with Gasteiger partial charge in [0.2, 0.25) is 0 Å². The maximum atomic E-state index is 12.0. The molecule has 2 amide bonds. The molecule has 6 heteroatoms. The van der Waals surface area contributed by atoms with Gasteiger partial charge >= 0.3 is 6.03 Å². The number of hydrogen-bond acceptors (Lipinski definition) is 4. The van der Waals surface area contributed by atoms with Crippen LogP contribution in [0.15, 0.2) is 42.5 Å². The molecule has 0 bridgehead atoms. The van der Waals surface area contributed by atoms with Crippen molar-refractivity contribution in [2.24, 2.45) is 0 Å². The summed E-state index contributed by atoms with van der Waals surface area (Å²) in [7, 11) is 1.63. The Labute approximate surface area is 160 Å². The molecule has 1 heterocycles. The molecule has 2 aromatic rings. The second-order valence-corrected chi connectivity index (χ2v) is 6.86. The SMILES string of the molecule is CNC(=O)N1CCOc2ccc(CN(c3ccc(C)cc3)C(C)O)cc2C1. The van der Waals surface area contributed by atoms with Crippen LogP contribution in [-0.2, 0) is 13.1 Å². The van der Waals surface area contributed by atoms with Gasteiger partial charge in [0.25, 0.3) is 0 Å². The van der Waals surface area contributed by atoms with Crippen LogP contribution in [0.5, 0.6) is 5.75 Å². The average Bonchev–Trinajstić information content (AvgIpc) is 2.88. The quantitative estimate of drug-likeness (QED) is 0.814. The fourth-order valence-corrected chi connectivity index (χ4v) is 3.25. The van der Waals surface area contributed by atoms with E-state index in [2.05, 4.69) is 11.4 Å². The highest BCUT2D eigenvalue weighted by atomic mass is 16.5. The van der Waals surface area contributed by atoms with Gasteiger partial charge in [-0.2, -0.15) is 0 Å². The zero-order valence-electron chi connectivity index (χ0n) is 16.1. The summed E-state index contributed by atoms with van der Waals surface area (Å²) < 4.78 is 5.79. The van der Waals surface area contributed by atoms with Gasteiger partial charge in [0.15, 0.2) is 0 Å². The number of nitrogens with one attached hydrogen (secondary N) is 1. The molecule has 0 saturated heterocycles. The molecule has 1 unspecified atom stereocenters. The van der Waals surface area contributed by atoms with E-state index in [1.807, 2.05) is 48.2 Å². The van der Waals surface area contributed by atoms with Gasteiger partial charge in [-0.1, -0.05) is 23.8 Å². The number of aliphatic hydroxyl groups is 1. The van der Waals surface area contributed by atoms with Crippen molar-refractivity contribution in [3.8, 4) is 5.75 Å². The van der Waals surface area contributed by atoms with E-state index in [0.29, 0.717) is 26.2 Å². The van der Waals surface area contributed by atoms with E-state index in [1.54, 1.807) is 18.9 Å². The minimum Gasteiger partial charge on any atom is -0.491 e. The lowest BCUT2D eigenvalue weighted by Crippen LogP contribution is -2.38. The van der Waals surface area contributed by atoms with Gasteiger partial charge in [0.05, 0.1) is 13.1 Å². The van der Waals surface area contributed by atoms with Crippen molar-refractivity contribution in [2.75, 3.05) is 25.1 Å². The number of aliphatic hydroxyl groups excluding tert-OH is 1. The van der Waals surface area contributed by atoms with E-state index in [1.165, 1.54) is 5.56 Å². The van der Waals surface area contributed by atoms with Crippen molar-refractivity contribution in [3.05, 3.63) is 59.2 Å². The molecule has 1 aliphatic heterocycles. The first-order chi connectivity index (χ1) is 13.0. The number of urea groups is 1. The molecule has 0 aliphatic carbocycles. The number of anilines is 1. The lowest BCUT2D eigenvalue weighted by Gasteiger charge is -2.28. The van der Waals surface area contributed by atoms with Crippen molar-refractivity contribution >= 4 is 11.7 Å². The van der Waals surface area contributed by atoms with Gasteiger partial charge in [-0.05, 0) is 43.7 Å². The van der Waals surface area contributed by atoms with Crippen molar-refractivity contribution in [2.45, 2.75) is 33.2 Å². The molecule has 27 heavy (non-hydrogen) atoms. The number of aryl methyl sites for hydroxylation is 1. The van der Waals surface area contributed by atoms with Gasteiger partial charge in [0, 0.05) is 24.8 Å². The Morgan fingerprint density at radius 1 is 1.30 bits per heavy atom. The number of fused-ring (bicyclic) bond motifs is 1. The summed E-state index contributed by atoms with van der Waals surface area (Å²) in [5, 5.41) is 12.9. The van der Waals surface area contributed by atoms with Crippen LogP contribution in [0.3, 0.4) is 0 Å². The molecular formula is C21H27N3O3. The summed E-state index contributed by atoms with van der Waals surface area (Å²) >= 11 is 0. The summed E-state index contributed by atoms with van der Waals surface area (Å²) in [6.45, 7) is 5.90. The summed E-state index contributed by atoms with van der Waals surface area (Å²) in [5.41, 5.74) is 4.18. The van der Waals surface area contributed by atoms with Gasteiger partial charge in [0.1, 0.15) is 18.6 Å². The Morgan fingerprint density at radius 3 is 2.70 bits per heavy atom. The first kappa shape index (κ1) is 19.0. The predicted octanol–water partition coefficient (Wildman–Crippen LogP) is 2.87. The number of rotatable bonds is 4. The van der Waals surface area contributed by atoms with E-state index in [0.717, 1.165) is 22.6 Å². The fourth-order valence-electron chi connectivity index (χ4n) is 3.25. The second kappa shape index (κ2) is 8.31. The van der Waals surface area contributed by atoms with Crippen LogP contribution in [0.2, 0.25) is 0 Å². The summed E-state index contributed by atoms with van der Waals surface area (Å²) in [4.78, 5) is 15.7. The lowest BCUT2D eigenvalue weighted by atomic mass is 10.1. The van der Waals surface area contributed by atoms with Crippen LogP contribution < -0.4 is 15.0 Å². The molecule has 0 fully saturated rings. The number of benzene rings is 2. The molecule has 0 radical (unpaired) electrons. The van der Waals surface area contributed by atoms with E-state index in [9.17, 15) is 9.90 Å². The maximum Gasteiger partial charge on any atom is 0.317 e. The van der Waals surface area contributed by atoms with Crippen molar-refractivity contribution in [1.82, 2.24) is 10.2 Å². The van der Waals surface area contributed by atoms with E-state index >= 15 is 0 Å². The van der Waals surface area contributed by atoms with Crippen molar-refractivity contribution in [1.29, 1.82) is 0 Å². The largest absolute Gasteiger partial charge is 0.491 e. The minimum atomic E-state index is -0.620. The monoisotopic (exact) mass is 369 g/mol. The smallest absolute Gasteiger partial charge is 0.317 e. The number of hydrogen-bond donors (Lipinski definition) is 2. The Hall–Kier alpha value is -2.73. The second-order valence-electron chi connectivity index (χ2n) is 6.86. The molecule has 1 aliphatic rings. The van der Waals surface area contributed by atoms with Crippen LogP contribution in [0.25, 0.3) is 0 Å². The predicted molar refractivity (Wildman–Crippen MR) is 106 cm³/mol. The number of amides is 2. The van der Waals surface area contributed by atoms with E-state index < -0.39 is 6.23 Å². The summed E-state index contributed by atoms with van der Waals surface area (Å²) in [6.07, 6.45) is -0.620. The van der Waals surface area contributed by atoms with Gasteiger partial charge in [-0.15, -0.1) is 0 Å². The summed E-state index contributed by atoms with van der Waals surface area (Å²) in [6, 6.07) is 14.0. The topological polar surface area (TPSA) is 65.0 Å². The molecule has 0 spiro atoms. The maximum absolute atomic E-state index is 12.0. The molecule has 3 rings (SSSR count). The molecular weight excluding hydrogens is 342 g/mol. The van der Waals surface area contributed by atoms with Gasteiger partial charge in [-0.3, -0.25) is 0 Å². The third-order valence-corrected chi connectivity index (χ3v) is 4.78. The standard InChI is InChI=1S/C21H27N3O3/c1-15-4-7-19(8-5-15)24(16(2)25)13-17-6-9-20-18(12-17)14-23(10-11-27-20)21(26)22-3/h4-9,12,16,25H,10-11,13-14H2,1-3H3,(H,22,26). The molecule has 1 atom stereocenters. The number of ether oxygens (including phenoxy) is 1. The number of carbonyl (C=O) groups excluding carboxylic acids is 1. The molecule has 2 N–H and O–H groups in total. The molecule has 144 valence electrons.